The van der Waals surface area contributed by atoms with Crippen LogP contribution in [-0.2, 0) is 16.0 Å². The molecule has 0 radical (unpaired) electrons. The van der Waals surface area contributed by atoms with E-state index in [9.17, 15) is 20.1 Å². The van der Waals surface area contributed by atoms with Gasteiger partial charge in [0.05, 0.1) is 17.2 Å². The number of hydrogen-bond donors (Lipinski definition) is 1. The number of ketones is 2. The van der Waals surface area contributed by atoms with Crippen molar-refractivity contribution in [1.29, 1.82) is 10.5 Å². The number of rotatable bonds is 15. The van der Waals surface area contributed by atoms with Crippen molar-refractivity contribution in [3.63, 3.8) is 0 Å². The van der Waals surface area contributed by atoms with E-state index < -0.39 is 0 Å². The minimum Gasteiger partial charge on any atom is -0.489 e. The quantitative estimate of drug-likeness (QED) is 0.199. The first-order valence-corrected chi connectivity index (χ1v) is 18.9. The van der Waals surface area contributed by atoms with Crippen LogP contribution in [0.3, 0.4) is 0 Å². The Kier molecular flexibility index (Phi) is 13.8. The standard InChI is InChI=1S/C43H52N4O4/c1-4-31-8-7-10-37(23-31)50-41-17-14-32(22-35(41)26-44)13-11-30(3)43(49)34-9-5-6-20-47-39(25-34)40(48)16-12-29(2)33-15-18-42(36(24-33)27-45)51-38-19-21-46-28-38/h6,14-15,17-18,20,22,24-25,29-31,37-38,46H,4-5,7-13,16,19,21,23,28H2,1-3H3. The maximum absolute atomic E-state index is 13.7. The van der Waals surface area contributed by atoms with Gasteiger partial charge in [0.2, 0.25) is 0 Å². The van der Waals surface area contributed by atoms with Gasteiger partial charge in [-0.15, -0.1) is 0 Å². The normalized spacial score (nSPS) is 21.5. The summed E-state index contributed by atoms with van der Waals surface area (Å²) in [5.41, 5.74) is 3.96. The Bertz CT molecular complexity index is 1720. The summed E-state index contributed by atoms with van der Waals surface area (Å²) >= 11 is 0. The second-order valence-electron chi connectivity index (χ2n) is 14.5. The first-order chi connectivity index (χ1) is 24.8. The third-order valence-corrected chi connectivity index (χ3v) is 10.7. The molecule has 2 aliphatic heterocycles. The van der Waals surface area contributed by atoms with Crippen LogP contribution >= 0.6 is 0 Å². The summed E-state index contributed by atoms with van der Waals surface area (Å²) in [6.45, 7) is 7.91. The van der Waals surface area contributed by atoms with Crippen molar-refractivity contribution in [3.8, 4) is 23.6 Å². The summed E-state index contributed by atoms with van der Waals surface area (Å²) in [5, 5.41) is 22.9. The van der Waals surface area contributed by atoms with E-state index in [-0.39, 0.29) is 42.0 Å². The third-order valence-electron chi connectivity index (χ3n) is 10.7. The highest BCUT2D eigenvalue weighted by Crippen LogP contribution is 2.32. The van der Waals surface area contributed by atoms with Gasteiger partial charge in [-0.05, 0) is 123 Å². The van der Waals surface area contributed by atoms with Gasteiger partial charge in [0.25, 0.3) is 0 Å². The minimum atomic E-state index is -0.253. The van der Waals surface area contributed by atoms with Crippen LogP contribution in [0.15, 0.2) is 65.3 Å². The molecular formula is C43H52N4O4. The van der Waals surface area contributed by atoms with E-state index in [1.807, 2.05) is 49.4 Å². The Balaban J connectivity index is 1.16. The van der Waals surface area contributed by atoms with Crippen LogP contribution in [-0.4, -0.2) is 42.6 Å². The Labute approximate surface area is 303 Å². The summed E-state index contributed by atoms with van der Waals surface area (Å²) in [7, 11) is 0. The Morgan fingerprint density at radius 1 is 0.980 bits per heavy atom. The molecule has 1 saturated carbocycles. The fraction of sp³-hybridized carbons (Fsp3) is 0.512. The van der Waals surface area contributed by atoms with Crippen LogP contribution in [0.2, 0.25) is 0 Å². The molecule has 1 N–H and O–H groups in total. The molecule has 268 valence electrons. The lowest BCUT2D eigenvalue weighted by atomic mass is 9.85. The number of aliphatic imine (C=N–C) groups is 1. The zero-order valence-electron chi connectivity index (χ0n) is 30.5. The molecule has 2 fully saturated rings. The molecule has 8 nitrogen and oxygen atoms in total. The molecule has 5 unspecified atom stereocenters. The molecule has 3 aliphatic rings. The summed E-state index contributed by atoms with van der Waals surface area (Å²) < 4.78 is 12.3. The topological polar surface area (TPSA) is 125 Å². The number of carbonyl (C=O) groups excluding carboxylic acids is 2. The number of nitriles is 2. The smallest absolute Gasteiger partial charge is 0.181 e. The van der Waals surface area contributed by atoms with Crippen molar-refractivity contribution in [1.82, 2.24) is 5.32 Å². The molecule has 0 amide bonds. The molecule has 0 aromatic heterocycles. The van der Waals surface area contributed by atoms with Crippen molar-refractivity contribution in [2.45, 2.75) is 116 Å². The van der Waals surface area contributed by atoms with Gasteiger partial charge < -0.3 is 14.8 Å². The van der Waals surface area contributed by atoms with Gasteiger partial charge in [0.15, 0.2) is 11.6 Å². The maximum atomic E-state index is 13.7. The molecular weight excluding hydrogens is 636 g/mol. The number of allylic oxidation sites excluding steroid dienone is 3. The van der Waals surface area contributed by atoms with Crippen molar-refractivity contribution in [2.24, 2.45) is 16.8 Å². The van der Waals surface area contributed by atoms with Crippen LogP contribution in [0.4, 0.5) is 0 Å². The van der Waals surface area contributed by atoms with Gasteiger partial charge in [-0.2, -0.15) is 10.5 Å². The molecule has 2 heterocycles. The lowest BCUT2D eigenvalue weighted by Crippen LogP contribution is -2.25. The lowest BCUT2D eigenvalue weighted by molar-refractivity contribution is -0.119. The number of nitrogens with zero attached hydrogens (tertiary/aromatic N) is 3. The van der Waals surface area contributed by atoms with Gasteiger partial charge in [0.1, 0.15) is 35.5 Å². The second-order valence-corrected chi connectivity index (χ2v) is 14.5. The van der Waals surface area contributed by atoms with E-state index in [1.165, 1.54) is 6.42 Å². The average molecular weight is 689 g/mol. The molecule has 0 spiro atoms. The predicted molar refractivity (Wildman–Crippen MR) is 200 cm³/mol. The van der Waals surface area contributed by atoms with Crippen molar-refractivity contribution in [3.05, 3.63) is 82.6 Å². The van der Waals surface area contributed by atoms with E-state index >= 15 is 0 Å². The third kappa shape index (κ3) is 10.5. The summed E-state index contributed by atoms with van der Waals surface area (Å²) in [5.74, 6) is 1.65. The number of aryl methyl sites for hydroxylation is 1. The molecule has 8 heteroatoms. The Hall–Kier alpha value is -4.53. The molecule has 51 heavy (non-hydrogen) atoms. The van der Waals surface area contributed by atoms with E-state index in [4.69, 9.17) is 9.47 Å². The molecule has 2 aromatic rings. The van der Waals surface area contributed by atoms with Crippen molar-refractivity contribution >= 4 is 17.3 Å². The van der Waals surface area contributed by atoms with Gasteiger partial charge in [0, 0.05) is 25.1 Å². The van der Waals surface area contributed by atoms with Gasteiger partial charge in [-0.3, -0.25) is 14.6 Å². The molecule has 2 aromatic carbocycles. The number of carbonyl (C=O) groups is 2. The Morgan fingerprint density at radius 2 is 1.75 bits per heavy atom. The number of nitrogens with one attached hydrogen (secondary N) is 1. The van der Waals surface area contributed by atoms with E-state index in [1.54, 1.807) is 12.3 Å². The van der Waals surface area contributed by atoms with Crippen LogP contribution in [0.1, 0.15) is 120 Å². The maximum Gasteiger partial charge on any atom is 0.181 e. The van der Waals surface area contributed by atoms with Gasteiger partial charge >= 0.3 is 0 Å². The summed E-state index contributed by atoms with van der Waals surface area (Å²) in [6, 6.07) is 16.1. The van der Waals surface area contributed by atoms with E-state index in [0.717, 1.165) is 56.3 Å². The number of Topliss-reactive ketones (excluding diaryl/α,β-unsaturated/α-hetero) is 2. The summed E-state index contributed by atoms with van der Waals surface area (Å²) in [6.07, 6.45) is 15.4. The first-order valence-electron chi connectivity index (χ1n) is 18.9. The fourth-order valence-corrected chi connectivity index (χ4v) is 7.32. The van der Waals surface area contributed by atoms with E-state index in [2.05, 4.69) is 36.3 Å². The highest BCUT2D eigenvalue weighted by molar-refractivity contribution is 6.45. The molecule has 1 saturated heterocycles. The number of ether oxygens (including phenoxy) is 2. The van der Waals surface area contributed by atoms with E-state index in [0.29, 0.717) is 71.9 Å². The first kappa shape index (κ1) is 37.7. The van der Waals surface area contributed by atoms with Crippen LogP contribution in [0, 0.1) is 34.5 Å². The second kappa shape index (κ2) is 18.6. The van der Waals surface area contributed by atoms with Crippen LogP contribution < -0.4 is 14.8 Å². The van der Waals surface area contributed by atoms with Crippen LogP contribution in [0.5, 0.6) is 11.5 Å². The van der Waals surface area contributed by atoms with Gasteiger partial charge in [-0.25, -0.2) is 0 Å². The zero-order chi connectivity index (χ0) is 36.2. The van der Waals surface area contributed by atoms with Crippen molar-refractivity contribution < 1.29 is 19.1 Å². The molecule has 5 atom stereocenters. The Morgan fingerprint density at radius 3 is 2.49 bits per heavy atom. The number of benzene rings is 2. The van der Waals surface area contributed by atoms with Gasteiger partial charge in [-0.1, -0.05) is 51.8 Å². The SMILES string of the molecule is CCC1CCCC(Oc2ccc(CCC(C)C(=O)C3=CC(C(=O)CCC(C)c4ccc(OC5CCNC5)c(C#N)c4)=NC=CCC3)cc2C#N)C1. The molecule has 0 bridgehead atoms. The van der Waals surface area contributed by atoms with Crippen molar-refractivity contribution in [2.75, 3.05) is 13.1 Å². The minimum absolute atomic E-state index is 0.0298. The highest BCUT2D eigenvalue weighted by atomic mass is 16.5. The fourth-order valence-electron chi connectivity index (χ4n) is 7.32. The largest absolute Gasteiger partial charge is 0.489 e. The predicted octanol–water partition coefficient (Wildman–Crippen LogP) is 8.48. The molecule has 5 rings (SSSR count). The molecule has 1 aliphatic carbocycles. The summed E-state index contributed by atoms with van der Waals surface area (Å²) in [4.78, 5) is 31.5. The average Bonchev–Trinajstić information content (AvgIpc) is 3.66. The van der Waals surface area contributed by atoms with Crippen LogP contribution in [0.25, 0.3) is 0 Å². The number of hydrogen-bond acceptors (Lipinski definition) is 8. The zero-order valence-corrected chi connectivity index (χ0v) is 30.5. The lowest BCUT2D eigenvalue weighted by Gasteiger charge is -2.29. The highest BCUT2D eigenvalue weighted by Gasteiger charge is 2.24. The monoisotopic (exact) mass is 688 g/mol.